The van der Waals surface area contributed by atoms with Crippen molar-refractivity contribution in [2.24, 2.45) is 11.8 Å². The number of rotatable bonds is 9. The van der Waals surface area contributed by atoms with E-state index in [0.29, 0.717) is 6.42 Å². The molecule has 34 heavy (non-hydrogen) atoms. The van der Waals surface area contributed by atoms with Gasteiger partial charge in [0.2, 0.25) is 5.91 Å². The lowest BCUT2D eigenvalue weighted by atomic mass is 9.98. The van der Waals surface area contributed by atoms with Crippen LogP contribution in [0.2, 0.25) is 0 Å². The van der Waals surface area contributed by atoms with Crippen LogP contribution >= 0.6 is 0 Å². The van der Waals surface area contributed by atoms with Crippen LogP contribution in [-0.2, 0) is 14.3 Å². The minimum atomic E-state index is -3.32. The molecule has 7 nitrogen and oxygen atoms in total. The number of hydrogen-bond acceptors (Lipinski definition) is 4. The first-order chi connectivity index (χ1) is 16.2. The molecule has 1 saturated carbocycles. The molecule has 2 aliphatic rings. The van der Waals surface area contributed by atoms with E-state index in [4.69, 9.17) is 9.84 Å². The number of carboxylic acids is 1. The van der Waals surface area contributed by atoms with Gasteiger partial charge in [0.1, 0.15) is 12.5 Å². The summed E-state index contributed by atoms with van der Waals surface area (Å²) in [4.78, 5) is 35.4. The summed E-state index contributed by atoms with van der Waals surface area (Å²) in [5.41, 5.74) is 4.39. The number of halogens is 2. The predicted molar refractivity (Wildman–Crippen MR) is 119 cm³/mol. The average Bonchev–Trinajstić information content (AvgIpc) is 3.23. The van der Waals surface area contributed by atoms with Crippen LogP contribution < -0.4 is 10.6 Å². The highest BCUT2D eigenvalue weighted by atomic mass is 19.3. The predicted octanol–water partition coefficient (Wildman–Crippen LogP) is 3.78. The van der Waals surface area contributed by atoms with Crippen LogP contribution in [0.3, 0.4) is 0 Å². The molecule has 9 heteroatoms. The van der Waals surface area contributed by atoms with Crippen LogP contribution in [0, 0.1) is 11.8 Å². The lowest BCUT2D eigenvalue weighted by Gasteiger charge is -2.19. The molecule has 2 amide bonds. The first-order valence-electron chi connectivity index (χ1n) is 11.2. The van der Waals surface area contributed by atoms with Crippen LogP contribution in [-0.4, -0.2) is 48.2 Å². The number of alkyl carbamates (subject to hydrolysis) is 1. The quantitative estimate of drug-likeness (QED) is 0.515. The van der Waals surface area contributed by atoms with Gasteiger partial charge in [-0.05, 0) is 28.7 Å². The van der Waals surface area contributed by atoms with Crippen molar-refractivity contribution < 1.29 is 33.0 Å². The Morgan fingerprint density at radius 3 is 2.18 bits per heavy atom. The minimum Gasteiger partial charge on any atom is -0.481 e. The third-order valence-electron chi connectivity index (χ3n) is 6.58. The molecule has 2 aromatic carbocycles. The Kier molecular flexibility index (Phi) is 6.54. The van der Waals surface area contributed by atoms with E-state index < -0.39 is 48.3 Å². The van der Waals surface area contributed by atoms with Gasteiger partial charge in [0.25, 0.3) is 5.92 Å². The summed E-state index contributed by atoms with van der Waals surface area (Å²) in [5, 5.41) is 13.8. The fraction of sp³-hybridized carbons (Fsp3) is 0.400. The molecule has 180 valence electrons. The van der Waals surface area contributed by atoms with Gasteiger partial charge in [-0.25, -0.2) is 13.6 Å². The number of hydrogen-bond donors (Lipinski definition) is 3. The number of alkyl halides is 2. The van der Waals surface area contributed by atoms with Crippen molar-refractivity contribution in [3.8, 4) is 11.1 Å². The summed E-state index contributed by atoms with van der Waals surface area (Å²) in [6, 6.07) is 15.4. The fourth-order valence-corrected chi connectivity index (χ4v) is 4.60. The lowest BCUT2D eigenvalue weighted by molar-refractivity contribution is -0.141. The number of carboxylic acid groups (broad SMARTS) is 1. The molecule has 0 saturated heterocycles. The second kappa shape index (κ2) is 9.40. The monoisotopic (exact) mass is 472 g/mol. The number of benzene rings is 2. The van der Waals surface area contributed by atoms with E-state index in [0.717, 1.165) is 22.3 Å². The van der Waals surface area contributed by atoms with Gasteiger partial charge in [0, 0.05) is 24.9 Å². The molecular weight excluding hydrogens is 446 g/mol. The molecule has 0 spiro atoms. The Hall–Kier alpha value is -3.49. The van der Waals surface area contributed by atoms with Crippen LogP contribution in [0.4, 0.5) is 13.6 Å². The van der Waals surface area contributed by atoms with Gasteiger partial charge < -0.3 is 20.5 Å². The zero-order valence-corrected chi connectivity index (χ0v) is 18.6. The molecule has 3 atom stereocenters. The number of nitrogens with one attached hydrogen (secondary N) is 2. The molecule has 2 unspecified atom stereocenters. The summed E-state index contributed by atoms with van der Waals surface area (Å²) in [5.74, 6) is -8.71. The number of fused-ring (bicyclic) bond motifs is 3. The Bertz CT molecular complexity index is 1060. The van der Waals surface area contributed by atoms with Crippen molar-refractivity contribution in [1.82, 2.24) is 10.6 Å². The molecule has 3 N–H and O–H groups in total. The van der Waals surface area contributed by atoms with E-state index in [9.17, 15) is 23.2 Å². The van der Waals surface area contributed by atoms with Crippen molar-refractivity contribution in [2.45, 2.75) is 37.6 Å². The summed E-state index contributed by atoms with van der Waals surface area (Å²) >= 11 is 0. The second-order valence-electron chi connectivity index (χ2n) is 8.68. The SMILES string of the molecule is CC[C@H](CC(=O)NCC1C(C(=O)O)C1(F)F)NC(=O)OCC1c2ccccc2-c2ccccc21. The lowest BCUT2D eigenvalue weighted by Crippen LogP contribution is -2.40. The highest BCUT2D eigenvalue weighted by Gasteiger charge is 2.72. The van der Waals surface area contributed by atoms with Crippen LogP contribution in [0.25, 0.3) is 11.1 Å². The molecule has 2 aromatic rings. The van der Waals surface area contributed by atoms with Gasteiger partial charge in [-0.1, -0.05) is 55.5 Å². The molecule has 0 aliphatic heterocycles. The van der Waals surface area contributed by atoms with E-state index in [1.807, 2.05) is 48.5 Å². The Labute approximate surface area is 195 Å². The maximum atomic E-state index is 13.5. The maximum Gasteiger partial charge on any atom is 0.407 e. The Balaban J connectivity index is 1.27. The second-order valence-corrected chi connectivity index (χ2v) is 8.68. The summed E-state index contributed by atoms with van der Waals surface area (Å²) in [6.07, 6.45) is -0.368. The van der Waals surface area contributed by atoms with E-state index in [-0.39, 0.29) is 18.9 Å². The molecule has 0 radical (unpaired) electrons. The van der Waals surface area contributed by atoms with E-state index in [1.165, 1.54) is 0 Å². The Morgan fingerprint density at radius 1 is 1.06 bits per heavy atom. The number of carbonyl (C=O) groups excluding carboxylic acids is 2. The van der Waals surface area contributed by atoms with Gasteiger partial charge in [-0.15, -0.1) is 0 Å². The van der Waals surface area contributed by atoms with Gasteiger partial charge >= 0.3 is 12.1 Å². The van der Waals surface area contributed by atoms with Crippen molar-refractivity contribution in [3.05, 3.63) is 59.7 Å². The zero-order chi connectivity index (χ0) is 24.5. The first-order valence-corrected chi connectivity index (χ1v) is 11.2. The van der Waals surface area contributed by atoms with Crippen LogP contribution in [0.15, 0.2) is 48.5 Å². The van der Waals surface area contributed by atoms with Gasteiger partial charge in [-0.2, -0.15) is 0 Å². The van der Waals surface area contributed by atoms with E-state index >= 15 is 0 Å². The number of ether oxygens (including phenoxy) is 1. The molecule has 0 aromatic heterocycles. The summed E-state index contributed by atoms with van der Waals surface area (Å²) in [7, 11) is 0. The van der Waals surface area contributed by atoms with Crippen molar-refractivity contribution in [3.63, 3.8) is 0 Å². The maximum absolute atomic E-state index is 13.5. The van der Waals surface area contributed by atoms with Crippen LogP contribution in [0.5, 0.6) is 0 Å². The Morgan fingerprint density at radius 2 is 1.65 bits per heavy atom. The topological polar surface area (TPSA) is 105 Å². The zero-order valence-electron chi connectivity index (χ0n) is 18.6. The first kappa shape index (κ1) is 23.7. The average molecular weight is 472 g/mol. The number of carbonyl (C=O) groups is 3. The highest BCUT2D eigenvalue weighted by Crippen LogP contribution is 2.54. The normalized spacial score (nSPS) is 20.6. The molecule has 2 aliphatic carbocycles. The highest BCUT2D eigenvalue weighted by molar-refractivity contribution is 5.80. The van der Waals surface area contributed by atoms with Crippen LogP contribution in [0.1, 0.15) is 36.8 Å². The summed E-state index contributed by atoms with van der Waals surface area (Å²) < 4.78 is 32.4. The largest absolute Gasteiger partial charge is 0.481 e. The number of aliphatic carboxylic acids is 1. The fourth-order valence-electron chi connectivity index (χ4n) is 4.60. The van der Waals surface area contributed by atoms with Gasteiger partial charge in [-0.3, -0.25) is 9.59 Å². The minimum absolute atomic E-state index is 0.0936. The van der Waals surface area contributed by atoms with Gasteiger partial charge in [0.15, 0.2) is 0 Å². The third kappa shape index (κ3) is 4.60. The third-order valence-corrected chi connectivity index (χ3v) is 6.58. The molecular formula is C25H26F2N2O5. The van der Waals surface area contributed by atoms with Crippen molar-refractivity contribution >= 4 is 18.0 Å². The molecule has 0 heterocycles. The number of amides is 2. The molecule has 4 rings (SSSR count). The molecule has 1 fully saturated rings. The van der Waals surface area contributed by atoms with E-state index in [2.05, 4.69) is 10.6 Å². The van der Waals surface area contributed by atoms with Crippen molar-refractivity contribution in [2.75, 3.05) is 13.2 Å². The smallest absolute Gasteiger partial charge is 0.407 e. The van der Waals surface area contributed by atoms with Crippen molar-refractivity contribution in [1.29, 1.82) is 0 Å². The molecule has 0 bridgehead atoms. The van der Waals surface area contributed by atoms with Gasteiger partial charge in [0.05, 0.1) is 5.92 Å². The van der Waals surface area contributed by atoms with E-state index in [1.54, 1.807) is 6.92 Å². The summed E-state index contributed by atoms with van der Waals surface area (Å²) in [6.45, 7) is 1.48. The standard InChI is InChI=1S/C25H26F2N2O5/c1-2-14(11-21(30)28-12-20-22(23(31)32)25(20,26)27)29-24(33)34-13-19-17-9-5-3-7-15(17)16-8-4-6-10-18(16)19/h3-10,14,19-20,22H,2,11-13H2,1H3,(H,28,30)(H,29,33)(H,31,32)/t14-,20?,22?/m1/s1.